The van der Waals surface area contributed by atoms with Gasteiger partial charge in [-0.05, 0) is 0 Å². The zero-order valence-electron chi connectivity index (χ0n) is 2.32. The zero-order valence-corrected chi connectivity index (χ0v) is 7.03. The second-order valence-corrected chi connectivity index (χ2v) is 1.84. The molecule has 0 aromatic heterocycles. The first-order valence-corrected chi connectivity index (χ1v) is 2.23. The van der Waals surface area contributed by atoms with Crippen LogP contribution >= 0.6 is 11.8 Å². The molecule has 0 unspecified atom stereocenters. The summed E-state index contributed by atoms with van der Waals surface area (Å²) < 4.78 is 0. The van der Waals surface area contributed by atoms with Gasteiger partial charge in [-0.2, -0.15) is 11.8 Å². The first-order chi connectivity index (χ1) is 1.50. The van der Waals surface area contributed by atoms with Crippen LogP contribution in [0.15, 0.2) is 0 Å². The van der Waals surface area contributed by atoms with E-state index in [2.05, 4.69) is 0 Å². The summed E-state index contributed by atoms with van der Waals surface area (Å²) in [5, 5.41) is 0. The van der Waals surface area contributed by atoms with Gasteiger partial charge in [-0.25, -0.2) is 0 Å². The molecule has 0 aliphatic carbocycles. The second kappa shape index (κ2) is 2.48. The quantitative estimate of drug-likeness (QED) is 0.551. The van der Waals surface area contributed by atoms with E-state index in [1.807, 2.05) is 11.8 Å². The SMILES string of the molecule is C1CS1.[PoH2]. The van der Waals surface area contributed by atoms with Gasteiger partial charge in [0.05, 0.1) is 0 Å². The Hall–Kier alpha value is 1.25. The van der Waals surface area contributed by atoms with E-state index < -0.39 is 0 Å². The van der Waals surface area contributed by atoms with Crippen LogP contribution in [0.4, 0.5) is 0 Å². The Morgan fingerprint density at radius 3 is 1.50 bits per heavy atom. The van der Waals surface area contributed by atoms with Crippen LogP contribution in [0.1, 0.15) is 0 Å². The molecule has 0 amide bonds. The van der Waals surface area contributed by atoms with Gasteiger partial charge >= 0.3 is 26.6 Å². The maximum absolute atomic E-state index is 2.00. The molecule has 1 saturated heterocycles. The van der Waals surface area contributed by atoms with Gasteiger partial charge in [0.1, 0.15) is 0 Å². The average molecular weight is 271 g/mol. The molecule has 0 aromatic carbocycles. The van der Waals surface area contributed by atoms with E-state index in [0.717, 1.165) is 0 Å². The first kappa shape index (κ1) is 5.25. The molecule has 0 N–H and O–H groups in total. The minimum absolute atomic E-state index is 0. The molecule has 0 bridgehead atoms. The Morgan fingerprint density at radius 1 is 1.25 bits per heavy atom. The van der Waals surface area contributed by atoms with E-state index >= 15 is 0 Å². The number of rotatable bonds is 0. The molecule has 1 heterocycles. The fourth-order valence-corrected chi connectivity index (χ4v) is 0. The molecule has 1 fully saturated rings. The third kappa shape index (κ3) is 3.25. The Morgan fingerprint density at radius 2 is 1.50 bits per heavy atom. The number of hydrogen-bond acceptors (Lipinski definition) is 1. The maximum atomic E-state index is 2.00. The van der Waals surface area contributed by atoms with Crippen molar-refractivity contribution < 1.29 is 0 Å². The first-order valence-electron chi connectivity index (χ1n) is 1.08. The third-order valence-corrected chi connectivity index (χ3v) is 0.612. The van der Waals surface area contributed by atoms with Crippen LogP contribution in [0.25, 0.3) is 0 Å². The molecule has 0 nitrogen and oxygen atoms in total. The van der Waals surface area contributed by atoms with Crippen LogP contribution in [-0.2, 0) is 0 Å². The molecule has 4 heavy (non-hydrogen) atoms. The van der Waals surface area contributed by atoms with Gasteiger partial charge in [-0.1, -0.05) is 0 Å². The van der Waals surface area contributed by atoms with Crippen LogP contribution in [-0.4, -0.2) is 38.1 Å². The molecule has 0 radical (unpaired) electrons. The third-order valence-electron chi connectivity index (χ3n) is 0.204. The second-order valence-electron chi connectivity index (χ2n) is 0.612. The molecule has 1 rings (SSSR count). The summed E-state index contributed by atoms with van der Waals surface area (Å²) in [5.41, 5.74) is 0. The monoisotopic (exact) mass is 271 g/mol. The van der Waals surface area contributed by atoms with Gasteiger partial charge in [0.25, 0.3) is 0 Å². The zero-order chi connectivity index (χ0) is 2.12. The molecule has 1 aliphatic rings. The Bertz CT molecular complexity index is 10.8. The minimum atomic E-state index is 0. The molecule has 0 saturated carbocycles. The van der Waals surface area contributed by atoms with Crippen molar-refractivity contribution in [3.63, 3.8) is 0 Å². The summed E-state index contributed by atoms with van der Waals surface area (Å²) in [6, 6.07) is 0. The molecule has 0 aromatic rings. The van der Waals surface area contributed by atoms with E-state index in [1.165, 1.54) is 11.5 Å². The van der Waals surface area contributed by atoms with Crippen molar-refractivity contribution in [1.82, 2.24) is 0 Å². The van der Waals surface area contributed by atoms with Gasteiger partial charge in [-0.15, -0.1) is 0 Å². The van der Waals surface area contributed by atoms with Gasteiger partial charge in [0, 0.05) is 11.5 Å². The number of hydrogen-bond donors (Lipinski definition) is 0. The van der Waals surface area contributed by atoms with E-state index in [1.54, 1.807) is 0 Å². The summed E-state index contributed by atoms with van der Waals surface area (Å²) in [6.45, 7) is 0. The predicted octanol–water partition coefficient (Wildman–Crippen LogP) is -0.183. The average Bonchev–Trinajstić information content (AvgIpc) is 1.46. The van der Waals surface area contributed by atoms with Crippen LogP contribution in [0.5, 0.6) is 0 Å². The van der Waals surface area contributed by atoms with Crippen LogP contribution < -0.4 is 0 Å². The topological polar surface area (TPSA) is 0 Å². The van der Waals surface area contributed by atoms with Crippen molar-refractivity contribution in [2.24, 2.45) is 0 Å². The van der Waals surface area contributed by atoms with Crippen molar-refractivity contribution in [1.29, 1.82) is 0 Å². The Labute approximate surface area is 49.8 Å². The molecule has 26 valence electrons. The van der Waals surface area contributed by atoms with E-state index in [4.69, 9.17) is 0 Å². The fraction of sp³-hybridized carbons (Fsp3) is 1.00. The normalized spacial score (nSPS) is 18.0. The summed E-state index contributed by atoms with van der Waals surface area (Å²) in [6.07, 6.45) is 0. The van der Waals surface area contributed by atoms with Crippen molar-refractivity contribution in [2.45, 2.75) is 0 Å². The summed E-state index contributed by atoms with van der Waals surface area (Å²) in [5.74, 6) is 2.83. The van der Waals surface area contributed by atoms with Gasteiger partial charge in [0.15, 0.2) is 0 Å². The molecular formula is C2H6PoS. The standard InChI is InChI=1S/C2H4S.Po.2H/c1-2-3-1;;;/h1-2H2;;;. The Kier molecular flexibility index (Phi) is 3.25. The van der Waals surface area contributed by atoms with Crippen molar-refractivity contribution >= 4 is 38.3 Å². The van der Waals surface area contributed by atoms with E-state index in [-0.39, 0.29) is 26.6 Å². The van der Waals surface area contributed by atoms with Crippen molar-refractivity contribution in [2.75, 3.05) is 11.5 Å². The summed E-state index contributed by atoms with van der Waals surface area (Å²) in [4.78, 5) is 0. The molecule has 0 atom stereocenters. The Balaban J connectivity index is 0.0000000900. The summed E-state index contributed by atoms with van der Waals surface area (Å²) in [7, 11) is 0. The van der Waals surface area contributed by atoms with Crippen LogP contribution in [0, 0.1) is 0 Å². The summed E-state index contributed by atoms with van der Waals surface area (Å²) >= 11 is 2.00. The molecular weight excluding hydrogens is 265 g/mol. The molecule has 1 aliphatic heterocycles. The van der Waals surface area contributed by atoms with E-state index in [0.29, 0.717) is 0 Å². The van der Waals surface area contributed by atoms with Gasteiger partial charge in [0.2, 0.25) is 0 Å². The van der Waals surface area contributed by atoms with Gasteiger partial charge < -0.3 is 0 Å². The molecule has 0 spiro atoms. The van der Waals surface area contributed by atoms with Crippen molar-refractivity contribution in [3.05, 3.63) is 0 Å². The fourth-order valence-electron chi connectivity index (χ4n) is 0. The van der Waals surface area contributed by atoms with Crippen LogP contribution in [0.3, 0.4) is 0 Å². The van der Waals surface area contributed by atoms with Crippen LogP contribution in [0.2, 0.25) is 0 Å². The van der Waals surface area contributed by atoms with Crippen molar-refractivity contribution in [3.8, 4) is 0 Å². The van der Waals surface area contributed by atoms with E-state index in [9.17, 15) is 0 Å². The molecule has 2 heteroatoms. The number of thioether (sulfide) groups is 1. The van der Waals surface area contributed by atoms with Gasteiger partial charge in [-0.3, -0.25) is 0 Å². The predicted molar refractivity (Wildman–Crippen MR) is 25.9 cm³/mol.